The number of aliphatic carboxylic acids is 1. The van der Waals surface area contributed by atoms with Crippen molar-refractivity contribution in [3.63, 3.8) is 0 Å². The summed E-state index contributed by atoms with van der Waals surface area (Å²) in [6, 6.07) is 9.91. The maximum absolute atomic E-state index is 10.7. The minimum atomic E-state index is -0.741. The molecule has 16 heavy (non-hydrogen) atoms. The molecule has 1 aromatic rings. The number of carboxylic acids is 1. The van der Waals surface area contributed by atoms with Crippen LogP contribution in [-0.4, -0.2) is 28.2 Å². The fraction of sp³-hybridized carbons (Fsp3) is 0.417. The van der Waals surface area contributed by atoms with Crippen molar-refractivity contribution in [1.29, 1.82) is 0 Å². The maximum atomic E-state index is 10.7. The highest BCUT2D eigenvalue weighted by atomic mass is 32.2. The van der Waals surface area contributed by atoms with Crippen LogP contribution in [0.3, 0.4) is 0 Å². The van der Waals surface area contributed by atoms with Gasteiger partial charge < -0.3 is 5.11 Å². The Balaban J connectivity index is 1.78. The molecule has 0 amide bonds. The van der Waals surface area contributed by atoms with E-state index in [9.17, 15) is 4.79 Å². The Morgan fingerprint density at radius 3 is 2.81 bits per heavy atom. The molecule has 0 spiro atoms. The van der Waals surface area contributed by atoms with Crippen molar-refractivity contribution >= 4 is 17.7 Å². The predicted octanol–water partition coefficient (Wildman–Crippen LogP) is 1.73. The fourth-order valence-electron chi connectivity index (χ4n) is 1.78. The molecular formula is C12H15NO2S. The third-order valence-corrected chi connectivity index (χ3v) is 3.99. The maximum Gasteiger partial charge on any atom is 0.321 e. The summed E-state index contributed by atoms with van der Waals surface area (Å²) in [6.45, 7) is 0. The van der Waals surface area contributed by atoms with Crippen LogP contribution in [0.4, 0.5) is 0 Å². The molecule has 0 saturated carbocycles. The van der Waals surface area contributed by atoms with Crippen LogP contribution in [0.5, 0.6) is 0 Å². The lowest BCUT2D eigenvalue weighted by Crippen LogP contribution is -2.36. The van der Waals surface area contributed by atoms with Crippen LogP contribution >= 0.6 is 11.8 Å². The van der Waals surface area contributed by atoms with Crippen molar-refractivity contribution in [2.24, 2.45) is 0 Å². The molecular weight excluding hydrogens is 222 g/mol. The summed E-state index contributed by atoms with van der Waals surface area (Å²) >= 11 is 1.71. The van der Waals surface area contributed by atoms with Crippen molar-refractivity contribution in [2.75, 3.05) is 5.75 Å². The molecule has 1 fully saturated rings. The lowest BCUT2D eigenvalue weighted by atomic mass is 10.1. The van der Waals surface area contributed by atoms with E-state index >= 15 is 0 Å². The van der Waals surface area contributed by atoms with Gasteiger partial charge in [-0.05, 0) is 18.4 Å². The van der Waals surface area contributed by atoms with Gasteiger partial charge in [0.1, 0.15) is 6.04 Å². The van der Waals surface area contributed by atoms with E-state index in [0.29, 0.717) is 5.75 Å². The topological polar surface area (TPSA) is 49.3 Å². The number of thioether (sulfide) groups is 1. The number of hydrogen-bond acceptors (Lipinski definition) is 3. The Hall–Kier alpha value is -1.00. The molecule has 1 saturated heterocycles. The van der Waals surface area contributed by atoms with Gasteiger partial charge in [0.2, 0.25) is 0 Å². The second kappa shape index (κ2) is 5.37. The second-order valence-electron chi connectivity index (χ2n) is 3.90. The van der Waals surface area contributed by atoms with Gasteiger partial charge in [-0.3, -0.25) is 10.1 Å². The molecule has 1 aliphatic heterocycles. The monoisotopic (exact) mass is 237 g/mol. The summed E-state index contributed by atoms with van der Waals surface area (Å²) < 4.78 is 0. The molecule has 1 aromatic carbocycles. The summed E-state index contributed by atoms with van der Waals surface area (Å²) in [4.78, 5) is 10.7. The van der Waals surface area contributed by atoms with Crippen LogP contribution in [0, 0.1) is 0 Å². The number of benzene rings is 1. The molecule has 2 atom stereocenters. The number of aryl methyl sites for hydroxylation is 1. The highest BCUT2D eigenvalue weighted by Gasteiger charge is 2.28. The Labute approximate surface area is 99.2 Å². The van der Waals surface area contributed by atoms with Gasteiger partial charge in [0.15, 0.2) is 0 Å². The Bertz CT molecular complexity index is 355. The molecule has 3 nitrogen and oxygen atoms in total. The summed E-state index contributed by atoms with van der Waals surface area (Å²) in [5, 5.41) is 12.2. The van der Waals surface area contributed by atoms with Crippen molar-refractivity contribution < 1.29 is 9.90 Å². The van der Waals surface area contributed by atoms with Gasteiger partial charge in [-0.2, -0.15) is 0 Å². The SMILES string of the molecule is O=C(O)[C@H]1CS[C@H](CCc2ccccc2)N1. The van der Waals surface area contributed by atoms with Crippen LogP contribution in [0.2, 0.25) is 0 Å². The van der Waals surface area contributed by atoms with E-state index in [4.69, 9.17) is 5.11 Å². The smallest absolute Gasteiger partial charge is 0.321 e. The van der Waals surface area contributed by atoms with Gasteiger partial charge in [-0.25, -0.2) is 0 Å². The fourth-order valence-corrected chi connectivity index (χ4v) is 2.99. The number of rotatable bonds is 4. The van der Waals surface area contributed by atoms with Gasteiger partial charge in [-0.15, -0.1) is 11.8 Å². The zero-order chi connectivity index (χ0) is 11.4. The summed E-state index contributed by atoms with van der Waals surface area (Å²) in [6.07, 6.45) is 1.98. The molecule has 1 heterocycles. The average Bonchev–Trinajstić information content (AvgIpc) is 2.76. The van der Waals surface area contributed by atoms with Crippen LogP contribution in [0.15, 0.2) is 30.3 Å². The number of nitrogens with one attached hydrogen (secondary N) is 1. The van der Waals surface area contributed by atoms with Gasteiger partial charge in [0, 0.05) is 5.75 Å². The van der Waals surface area contributed by atoms with E-state index in [-0.39, 0.29) is 11.4 Å². The largest absolute Gasteiger partial charge is 0.480 e. The van der Waals surface area contributed by atoms with Gasteiger partial charge in [0.25, 0.3) is 0 Å². The lowest BCUT2D eigenvalue weighted by molar-refractivity contribution is -0.138. The Kier molecular flexibility index (Phi) is 3.85. The normalized spacial score (nSPS) is 24.5. The first-order valence-corrected chi connectivity index (χ1v) is 6.45. The predicted molar refractivity (Wildman–Crippen MR) is 65.6 cm³/mol. The number of carboxylic acid groups (broad SMARTS) is 1. The standard InChI is InChI=1S/C12H15NO2S/c14-12(15)10-8-16-11(13-10)7-6-9-4-2-1-3-5-9/h1-5,10-11,13H,6-8H2,(H,14,15)/t10-,11-/m1/s1. The van der Waals surface area contributed by atoms with Crippen LogP contribution in [-0.2, 0) is 11.2 Å². The molecule has 0 aromatic heterocycles. The quantitative estimate of drug-likeness (QED) is 0.837. The van der Waals surface area contributed by atoms with Gasteiger partial charge in [0.05, 0.1) is 5.37 Å². The molecule has 1 aliphatic rings. The molecule has 0 aliphatic carbocycles. The summed E-state index contributed by atoms with van der Waals surface area (Å²) in [5.41, 5.74) is 1.31. The van der Waals surface area contributed by atoms with Crippen molar-refractivity contribution in [2.45, 2.75) is 24.3 Å². The van der Waals surface area contributed by atoms with Gasteiger partial charge >= 0.3 is 5.97 Å². The molecule has 4 heteroatoms. The van der Waals surface area contributed by atoms with Crippen molar-refractivity contribution in [3.05, 3.63) is 35.9 Å². The molecule has 2 N–H and O–H groups in total. The number of carbonyl (C=O) groups is 1. The third-order valence-electron chi connectivity index (χ3n) is 2.69. The van der Waals surface area contributed by atoms with Crippen molar-refractivity contribution in [1.82, 2.24) is 5.32 Å². The molecule has 0 radical (unpaired) electrons. The van der Waals surface area contributed by atoms with E-state index < -0.39 is 5.97 Å². The number of hydrogen-bond donors (Lipinski definition) is 2. The molecule has 0 unspecified atom stereocenters. The van der Waals surface area contributed by atoms with Crippen LogP contribution in [0.1, 0.15) is 12.0 Å². The van der Waals surface area contributed by atoms with E-state index in [1.165, 1.54) is 5.56 Å². The van der Waals surface area contributed by atoms with Crippen LogP contribution in [0.25, 0.3) is 0 Å². The van der Waals surface area contributed by atoms with E-state index in [1.54, 1.807) is 11.8 Å². The van der Waals surface area contributed by atoms with Crippen LogP contribution < -0.4 is 5.32 Å². The zero-order valence-electron chi connectivity index (χ0n) is 8.93. The molecule has 2 rings (SSSR count). The Morgan fingerprint density at radius 2 is 2.19 bits per heavy atom. The summed E-state index contributed by atoms with van der Waals surface area (Å²) in [7, 11) is 0. The summed E-state index contributed by atoms with van der Waals surface area (Å²) in [5.74, 6) is -0.0656. The van der Waals surface area contributed by atoms with Gasteiger partial charge in [-0.1, -0.05) is 30.3 Å². The first kappa shape index (κ1) is 11.5. The third kappa shape index (κ3) is 3.00. The van der Waals surface area contributed by atoms with E-state index in [1.807, 2.05) is 18.2 Å². The zero-order valence-corrected chi connectivity index (χ0v) is 9.74. The second-order valence-corrected chi connectivity index (χ2v) is 5.14. The first-order chi connectivity index (χ1) is 7.75. The molecule has 0 bridgehead atoms. The first-order valence-electron chi connectivity index (χ1n) is 5.40. The Morgan fingerprint density at radius 1 is 1.44 bits per heavy atom. The van der Waals surface area contributed by atoms with E-state index in [0.717, 1.165) is 12.8 Å². The van der Waals surface area contributed by atoms with Crippen molar-refractivity contribution in [3.8, 4) is 0 Å². The molecule has 86 valence electrons. The average molecular weight is 237 g/mol. The minimum Gasteiger partial charge on any atom is -0.480 e. The minimum absolute atomic E-state index is 0.279. The highest BCUT2D eigenvalue weighted by molar-refractivity contribution is 8.00. The highest BCUT2D eigenvalue weighted by Crippen LogP contribution is 2.22. The van der Waals surface area contributed by atoms with E-state index in [2.05, 4.69) is 17.4 Å². The lowest BCUT2D eigenvalue weighted by Gasteiger charge is -2.10.